The van der Waals surface area contributed by atoms with E-state index in [0.717, 1.165) is 30.8 Å². The van der Waals surface area contributed by atoms with E-state index in [0.29, 0.717) is 0 Å². The molecule has 1 aliphatic rings. The van der Waals surface area contributed by atoms with Crippen molar-refractivity contribution in [2.45, 2.75) is 13.0 Å². The van der Waals surface area contributed by atoms with E-state index in [1.165, 1.54) is 11.1 Å². The minimum Gasteiger partial charge on any atom is -0.323 e. The van der Waals surface area contributed by atoms with E-state index in [4.69, 9.17) is 0 Å². The van der Waals surface area contributed by atoms with Crippen LogP contribution in [0.25, 0.3) is 6.08 Å². The van der Waals surface area contributed by atoms with Gasteiger partial charge in [-0.3, -0.25) is 4.79 Å². The number of para-hydroxylation sites is 1. The standard InChI is InChI=1S/C18H18N2O/c21-18(20-17-4-2-1-3-5-17)9-7-14-6-8-15-10-11-19-13-16(15)12-14/h1-9,12,19H,10-11,13H2,(H,20,21)/b9-7+. The van der Waals surface area contributed by atoms with Crippen molar-refractivity contribution < 1.29 is 4.79 Å². The highest BCUT2D eigenvalue weighted by molar-refractivity contribution is 6.01. The van der Waals surface area contributed by atoms with Crippen molar-refractivity contribution in [1.82, 2.24) is 5.32 Å². The summed E-state index contributed by atoms with van der Waals surface area (Å²) in [7, 11) is 0. The minimum absolute atomic E-state index is 0.114. The molecule has 3 nitrogen and oxygen atoms in total. The predicted octanol–water partition coefficient (Wildman–Crippen LogP) is 2.98. The Morgan fingerprint density at radius 3 is 2.81 bits per heavy atom. The Morgan fingerprint density at radius 1 is 1.10 bits per heavy atom. The van der Waals surface area contributed by atoms with E-state index in [1.807, 2.05) is 36.4 Å². The van der Waals surface area contributed by atoms with Crippen LogP contribution >= 0.6 is 0 Å². The van der Waals surface area contributed by atoms with Crippen LogP contribution in [0.15, 0.2) is 54.6 Å². The molecular formula is C18H18N2O. The number of anilines is 1. The van der Waals surface area contributed by atoms with Gasteiger partial charge in [-0.1, -0.05) is 36.4 Å². The van der Waals surface area contributed by atoms with Crippen molar-refractivity contribution in [3.8, 4) is 0 Å². The minimum atomic E-state index is -0.114. The first kappa shape index (κ1) is 13.6. The number of rotatable bonds is 3. The average molecular weight is 278 g/mol. The van der Waals surface area contributed by atoms with Crippen molar-refractivity contribution in [3.63, 3.8) is 0 Å². The summed E-state index contributed by atoms with van der Waals surface area (Å²) in [6.07, 6.45) is 4.51. The maximum atomic E-state index is 11.9. The lowest BCUT2D eigenvalue weighted by Gasteiger charge is -2.17. The molecule has 1 heterocycles. The number of benzene rings is 2. The number of carbonyl (C=O) groups is 1. The molecule has 1 aliphatic heterocycles. The van der Waals surface area contributed by atoms with Gasteiger partial charge in [-0.25, -0.2) is 0 Å². The Labute approximate surface area is 124 Å². The van der Waals surface area contributed by atoms with Gasteiger partial charge in [0.05, 0.1) is 0 Å². The third-order valence-electron chi connectivity index (χ3n) is 3.59. The van der Waals surface area contributed by atoms with E-state index in [-0.39, 0.29) is 5.91 Å². The fourth-order valence-corrected chi connectivity index (χ4v) is 2.48. The smallest absolute Gasteiger partial charge is 0.248 e. The lowest BCUT2D eigenvalue weighted by atomic mass is 9.98. The van der Waals surface area contributed by atoms with Gasteiger partial charge in [0, 0.05) is 18.3 Å². The molecule has 2 N–H and O–H groups in total. The molecule has 2 aromatic rings. The van der Waals surface area contributed by atoms with Crippen LogP contribution in [0.2, 0.25) is 0 Å². The van der Waals surface area contributed by atoms with Gasteiger partial charge in [-0.2, -0.15) is 0 Å². The highest BCUT2D eigenvalue weighted by Crippen LogP contribution is 2.16. The molecule has 0 bridgehead atoms. The van der Waals surface area contributed by atoms with Crippen LogP contribution in [0.4, 0.5) is 5.69 Å². The fraction of sp³-hybridized carbons (Fsp3) is 0.167. The summed E-state index contributed by atoms with van der Waals surface area (Å²) < 4.78 is 0. The Bertz CT molecular complexity index is 662. The molecule has 1 amide bonds. The normalized spacial score (nSPS) is 13.9. The summed E-state index contributed by atoms with van der Waals surface area (Å²) in [6, 6.07) is 15.8. The summed E-state index contributed by atoms with van der Waals surface area (Å²) in [4.78, 5) is 11.9. The second kappa shape index (κ2) is 6.37. The third kappa shape index (κ3) is 3.58. The lowest BCUT2D eigenvalue weighted by Crippen LogP contribution is -2.23. The van der Waals surface area contributed by atoms with Crippen molar-refractivity contribution >= 4 is 17.7 Å². The van der Waals surface area contributed by atoms with Crippen LogP contribution in [0.5, 0.6) is 0 Å². The number of hydrogen-bond acceptors (Lipinski definition) is 2. The number of amides is 1. The fourth-order valence-electron chi connectivity index (χ4n) is 2.48. The zero-order chi connectivity index (χ0) is 14.5. The van der Waals surface area contributed by atoms with Crippen molar-refractivity contribution in [2.24, 2.45) is 0 Å². The van der Waals surface area contributed by atoms with Crippen molar-refractivity contribution in [2.75, 3.05) is 11.9 Å². The summed E-state index contributed by atoms with van der Waals surface area (Å²) in [6.45, 7) is 1.95. The SMILES string of the molecule is O=C(/C=C/c1ccc2c(c1)CNCC2)Nc1ccccc1. The van der Waals surface area contributed by atoms with Crippen molar-refractivity contribution in [3.05, 3.63) is 71.3 Å². The molecule has 106 valence electrons. The molecular weight excluding hydrogens is 260 g/mol. The zero-order valence-electron chi connectivity index (χ0n) is 11.8. The Hall–Kier alpha value is -2.39. The highest BCUT2D eigenvalue weighted by atomic mass is 16.1. The number of fused-ring (bicyclic) bond motifs is 1. The molecule has 0 saturated carbocycles. The molecule has 0 radical (unpaired) electrons. The molecule has 0 saturated heterocycles. The monoisotopic (exact) mass is 278 g/mol. The molecule has 0 fully saturated rings. The molecule has 0 aromatic heterocycles. The maximum Gasteiger partial charge on any atom is 0.248 e. The zero-order valence-corrected chi connectivity index (χ0v) is 11.8. The van der Waals surface area contributed by atoms with Gasteiger partial charge in [-0.05, 0) is 47.9 Å². The van der Waals surface area contributed by atoms with Gasteiger partial charge in [0.15, 0.2) is 0 Å². The first-order chi connectivity index (χ1) is 10.3. The molecule has 2 aromatic carbocycles. The Morgan fingerprint density at radius 2 is 1.95 bits per heavy atom. The Kier molecular flexibility index (Phi) is 4.12. The van der Waals surface area contributed by atoms with E-state index in [1.54, 1.807) is 6.08 Å². The van der Waals surface area contributed by atoms with Gasteiger partial charge < -0.3 is 10.6 Å². The van der Waals surface area contributed by atoms with Gasteiger partial charge in [0.25, 0.3) is 0 Å². The predicted molar refractivity (Wildman–Crippen MR) is 86.0 cm³/mol. The highest BCUT2D eigenvalue weighted by Gasteiger charge is 2.07. The van der Waals surface area contributed by atoms with Gasteiger partial charge >= 0.3 is 0 Å². The van der Waals surface area contributed by atoms with Crippen LogP contribution in [0.1, 0.15) is 16.7 Å². The van der Waals surface area contributed by atoms with Crippen LogP contribution in [0.3, 0.4) is 0 Å². The first-order valence-electron chi connectivity index (χ1n) is 7.18. The molecule has 0 spiro atoms. The molecule has 3 heteroatoms. The third-order valence-corrected chi connectivity index (χ3v) is 3.59. The summed E-state index contributed by atoms with van der Waals surface area (Å²) >= 11 is 0. The molecule has 0 unspecified atom stereocenters. The lowest BCUT2D eigenvalue weighted by molar-refractivity contribution is -0.111. The summed E-state index contributed by atoms with van der Waals surface area (Å²) in [5, 5.41) is 6.20. The summed E-state index contributed by atoms with van der Waals surface area (Å²) in [5.74, 6) is -0.114. The van der Waals surface area contributed by atoms with E-state index < -0.39 is 0 Å². The van der Waals surface area contributed by atoms with E-state index in [2.05, 4.69) is 28.8 Å². The second-order valence-corrected chi connectivity index (χ2v) is 5.14. The largest absolute Gasteiger partial charge is 0.323 e. The topological polar surface area (TPSA) is 41.1 Å². The van der Waals surface area contributed by atoms with Crippen LogP contribution in [-0.4, -0.2) is 12.5 Å². The van der Waals surface area contributed by atoms with Crippen LogP contribution in [-0.2, 0) is 17.8 Å². The first-order valence-corrected chi connectivity index (χ1v) is 7.18. The van der Waals surface area contributed by atoms with Gasteiger partial charge in [0.1, 0.15) is 0 Å². The number of carbonyl (C=O) groups excluding carboxylic acids is 1. The maximum absolute atomic E-state index is 11.9. The van der Waals surface area contributed by atoms with Gasteiger partial charge in [-0.15, -0.1) is 0 Å². The molecule has 3 rings (SSSR count). The molecule has 21 heavy (non-hydrogen) atoms. The van der Waals surface area contributed by atoms with Crippen LogP contribution in [0, 0.1) is 0 Å². The molecule has 0 atom stereocenters. The van der Waals surface area contributed by atoms with Crippen molar-refractivity contribution in [1.29, 1.82) is 0 Å². The van der Waals surface area contributed by atoms with Gasteiger partial charge in [0.2, 0.25) is 5.91 Å². The molecule has 0 aliphatic carbocycles. The number of nitrogens with one attached hydrogen (secondary N) is 2. The van der Waals surface area contributed by atoms with E-state index >= 15 is 0 Å². The Balaban J connectivity index is 1.67. The quantitative estimate of drug-likeness (QED) is 0.847. The van der Waals surface area contributed by atoms with E-state index in [9.17, 15) is 4.79 Å². The summed E-state index contributed by atoms with van der Waals surface area (Å²) in [5.41, 5.74) is 4.59. The second-order valence-electron chi connectivity index (χ2n) is 5.14. The number of hydrogen-bond donors (Lipinski definition) is 2. The average Bonchev–Trinajstić information content (AvgIpc) is 2.54. The van der Waals surface area contributed by atoms with Crippen LogP contribution < -0.4 is 10.6 Å².